The van der Waals surface area contributed by atoms with Gasteiger partial charge in [-0.3, -0.25) is 4.79 Å². The minimum Gasteiger partial charge on any atom is -0.392 e. The van der Waals surface area contributed by atoms with E-state index in [1.54, 1.807) is 12.1 Å². The Hall–Kier alpha value is -2.43. The Morgan fingerprint density at radius 3 is 2.77 bits per heavy atom. The van der Waals surface area contributed by atoms with Gasteiger partial charge in [0.2, 0.25) is 5.91 Å². The third-order valence-corrected chi connectivity index (χ3v) is 4.63. The van der Waals surface area contributed by atoms with Crippen LogP contribution in [0.4, 0.5) is 10.1 Å². The Morgan fingerprint density at radius 1 is 1.38 bits per heavy atom. The number of carbonyl (C=O) groups is 1. The second kappa shape index (κ2) is 9.32. The summed E-state index contributed by atoms with van der Waals surface area (Å²) in [6.07, 6.45) is 0.602. The zero-order chi connectivity index (χ0) is 19.1. The van der Waals surface area contributed by atoms with Crippen LogP contribution in [0.25, 0.3) is 11.1 Å². The van der Waals surface area contributed by atoms with E-state index in [1.165, 1.54) is 17.4 Å². The number of amides is 1. The third kappa shape index (κ3) is 5.04. The maximum absolute atomic E-state index is 14.0. The number of nitrogens with one attached hydrogen (secondary N) is 2. The van der Waals surface area contributed by atoms with Gasteiger partial charge < -0.3 is 15.7 Å². The monoisotopic (exact) mass is 375 g/mol. The second-order valence-electron chi connectivity index (χ2n) is 6.37. The van der Waals surface area contributed by atoms with E-state index in [9.17, 15) is 9.18 Å². The lowest BCUT2D eigenvalue weighted by atomic mass is 10.0. The standard InChI is InChI=1S/C19H22FN3O2S/c1-12(2)7-17(19(25)22-6-5-21)23-18-11-26-10-15(18)13-3-4-14(9-24)16(20)8-13/h3-4,8,10-12,17,23-24H,6-7,9H2,1-2H3,(H,22,25)/t17-/m0/s1. The normalized spacial score (nSPS) is 11.8. The highest BCUT2D eigenvalue weighted by Crippen LogP contribution is 2.33. The van der Waals surface area contributed by atoms with Crippen LogP contribution in [-0.4, -0.2) is 23.6 Å². The van der Waals surface area contributed by atoms with Crippen LogP contribution in [0.5, 0.6) is 0 Å². The Kier molecular flexibility index (Phi) is 7.13. The number of aliphatic hydroxyl groups is 1. The maximum Gasteiger partial charge on any atom is 0.243 e. The molecule has 5 nitrogen and oxygen atoms in total. The number of aliphatic hydroxyl groups excluding tert-OH is 1. The van der Waals surface area contributed by atoms with E-state index < -0.39 is 11.9 Å². The predicted octanol–water partition coefficient (Wildman–Crippen LogP) is 3.51. The van der Waals surface area contributed by atoms with E-state index in [0.717, 1.165) is 11.3 Å². The fourth-order valence-electron chi connectivity index (χ4n) is 2.62. The Balaban J connectivity index is 2.26. The maximum atomic E-state index is 14.0. The fourth-order valence-corrected chi connectivity index (χ4v) is 3.41. The molecule has 26 heavy (non-hydrogen) atoms. The van der Waals surface area contributed by atoms with Crippen molar-refractivity contribution in [2.75, 3.05) is 11.9 Å². The number of thiophene rings is 1. The summed E-state index contributed by atoms with van der Waals surface area (Å²) in [5, 5.41) is 27.3. The quantitative estimate of drug-likeness (QED) is 0.617. The molecule has 2 aromatic rings. The van der Waals surface area contributed by atoms with E-state index in [4.69, 9.17) is 10.4 Å². The molecular weight excluding hydrogens is 353 g/mol. The van der Waals surface area contributed by atoms with Gasteiger partial charge in [-0.05, 0) is 24.0 Å². The van der Waals surface area contributed by atoms with Gasteiger partial charge in [-0.25, -0.2) is 4.39 Å². The Morgan fingerprint density at radius 2 is 2.15 bits per heavy atom. The number of hydrogen-bond donors (Lipinski definition) is 3. The van der Waals surface area contributed by atoms with E-state index >= 15 is 0 Å². The number of halogens is 1. The van der Waals surface area contributed by atoms with Gasteiger partial charge in [0, 0.05) is 21.9 Å². The van der Waals surface area contributed by atoms with Crippen molar-refractivity contribution in [1.29, 1.82) is 5.26 Å². The van der Waals surface area contributed by atoms with Gasteiger partial charge in [-0.15, -0.1) is 11.3 Å². The van der Waals surface area contributed by atoms with E-state index in [2.05, 4.69) is 10.6 Å². The first-order valence-electron chi connectivity index (χ1n) is 8.33. The molecule has 0 aliphatic heterocycles. The van der Waals surface area contributed by atoms with Crippen molar-refractivity contribution in [3.8, 4) is 17.2 Å². The summed E-state index contributed by atoms with van der Waals surface area (Å²) < 4.78 is 14.0. The van der Waals surface area contributed by atoms with Crippen molar-refractivity contribution < 1.29 is 14.3 Å². The van der Waals surface area contributed by atoms with E-state index in [-0.39, 0.29) is 30.5 Å². The molecule has 1 atom stereocenters. The number of rotatable bonds is 8. The zero-order valence-corrected chi connectivity index (χ0v) is 15.6. The summed E-state index contributed by atoms with van der Waals surface area (Å²) in [7, 11) is 0. The summed E-state index contributed by atoms with van der Waals surface area (Å²) in [5.41, 5.74) is 2.44. The van der Waals surface area contributed by atoms with Gasteiger partial charge in [0.15, 0.2) is 0 Å². The lowest BCUT2D eigenvalue weighted by Crippen LogP contribution is -2.40. The molecule has 0 fully saturated rings. The lowest BCUT2D eigenvalue weighted by Gasteiger charge is -2.21. The van der Waals surface area contributed by atoms with Crippen molar-refractivity contribution in [2.45, 2.75) is 32.9 Å². The van der Waals surface area contributed by atoms with Crippen molar-refractivity contribution in [1.82, 2.24) is 5.32 Å². The average molecular weight is 375 g/mol. The molecule has 0 aliphatic rings. The van der Waals surface area contributed by atoms with Crippen molar-refractivity contribution >= 4 is 22.9 Å². The van der Waals surface area contributed by atoms with Gasteiger partial charge in [-0.1, -0.05) is 26.0 Å². The highest BCUT2D eigenvalue weighted by molar-refractivity contribution is 7.08. The molecule has 0 spiro atoms. The van der Waals surface area contributed by atoms with E-state index in [0.29, 0.717) is 12.0 Å². The molecule has 0 bridgehead atoms. The Labute approximate surface area is 156 Å². The van der Waals surface area contributed by atoms with Gasteiger partial charge >= 0.3 is 0 Å². The van der Waals surface area contributed by atoms with E-state index in [1.807, 2.05) is 30.7 Å². The first kappa shape index (κ1) is 19.9. The minimum atomic E-state index is -0.488. The van der Waals surface area contributed by atoms with Crippen molar-refractivity contribution in [3.63, 3.8) is 0 Å². The molecule has 0 unspecified atom stereocenters. The van der Waals surface area contributed by atoms with Crippen LogP contribution in [-0.2, 0) is 11.4 Å². The second-order valence-corrected chi connectivity index (χ2v) is 7.11. The third-order valence-electron chi connectivity index (χ3n) is 3.89. The molecule has 0 saturated heterocycles. The van der Waals surface area contributed by atoms with Crippen LogP contribution >= 0.6 is 11.3 Å². The highest BCUT2D eigenvalue weighted by atomic mass is 32.1. The molecule has 138 valence electrons. The number of nitrogens with zero attached hydrogens (tertiary/aromatic N) is 1. The first-order chi connectivity index (χ1) is 12.5. The summed E-state index contributed by atoms with van der Waals surface area (Å²) in [4.78, 5) is 12.3. The number of carbonyl (C=O) groups excluding carboxylic acids is 1. The topological polar surface area (TPSA) is 85.2 Å². The minimum absolute atomic E-state index is 0.0422. The van der Waals surface area contributed by atoms with Gasteiger partial charge in [0.25, 0.3) is 0 Å². The molecule has 1 amide bonds. The van der Waals surface area contributed by atoms with Crippen LogP contribution in [0.1, 0.15) is 25.8 Å². The average Bonchev–Trinajstić information content (AvgIpc) is 3.06. The van der Waals surface area contributed by atoms with Crippen LogP contribution in [0.2, 0.25) is 0 Å². The summed E-state index contributed by atoms with van der Waals surface area (Å²) in [6.45, 7) is 3.64. The zero-order valence-electron chi connectivity index (χ0n) is 14.8. The summed E-state index contributed by atoms with van der Waals surface area (Å²) in [6, 6.07) is 6.09. The molecule has 1 heterocycles. The van der Waals surface area contributed by atoms with Crippen LogP contribution in [0, 0.1) is 23.1 Å². The molecule has 0 saturated carbocycles. The van der Waals surface area contributed by atoms with Crippen molar-refractivity contribution in [2.24, 2.45) is 5.92 Å². The SMILES string of the molecule is CC(C)C[C@H](Nc1cscc1-c1ccc(CO)c(F)c1)C(=O)NCC#N. The molecule has 0 aliphatic carbocycles. The summed E-state index contributed by atoms with van der Waals surface area (Å²) in [5.74, 6) is -0.421. The molecule has 0 radical (unpaired) electrons. The highest BCUT2D eigenvalue weighted by Gasteiger charge is 2.21. The number of benzene rings is 1. The van der Waals surface area contributed by atoms with Gasteiger partial charge in [0.05, 0.1) is 18.4 Å². The number of nitriles is 1. The van der Waals surface area contributed by atoms with Crippen LogP contribution in [0.15, 0.2) is 29.0 Å². The van der Waals surface area contributed by atoms with Gasteiger partial charge in [0.1, 0.15) is 18.4 Å². The van der Waals surface area contributed by atoms with Crippen LogP contribution in [0.3, 0.4) is 0 Å². The number of anilines is 1. The van der Waals surface area contributed by atoms with Crippen molar-refractivity contribution in [3.05, 3.63) is 40.3 Å². The molecule has 7 heteroatoms. The largest absolute Gasteiger partial charge is 0.392 e. The first-order valence-corrected chi connectivity index (χ1v) is 9.27. The summed E-state index contributed by atoms with van der Waals surface area (Å²) >= 11 is 1.45. The predicted molar refractivity (Wildman–Crippen MR) is 101 cm³/mol. The van der Waals surface area contributed by atoms with Gasteiger partial charge in [-0.2, -0.15) is 5.26 Å². The fraction of sp³-hybridized carbons (Fsp3) is 0.368. The molecule has 3 N–H and O–H groups in total. The molecule has 1 aromatic carbocycles. The molecule has 2 rings (SSSR count). The lowest BCUT2D eigenvalue weighted by molar-refractivity contribution is -0.121. The molecular formula is C19H22FN3O2S. The number of hydrogen-bond acceptors (Lipinski definition) is 5. The smallest absolute Gasteiger partial charge is 0.243 e. The Bertz CT molecular complexity index is 798. The molecule has 1 aromatic heterocycles. The van der Waals surface area contributed by atoms with Crippen LogP contribution < -0.4 is 10.6 Å².